The third kappa shape index (κ3) is 7.00. The topological polar surface area (TPSA) is 72.0 Å². The van der Waals surface area contributed by atoms with Gasteiger partial charge in [0.1, 0.15) is 6.61 Å². The van der Waals surface area contributed by atoms with Gasteiger partial charge in [-0.15, -0.1) is 0 Å². The number of ether oxygens (including phenoxy) is 2. The van der Waals surface area contributed by atoms with Crippen LogP contribution in [0.1, 0.15) is 16.7 Å². The zero-order valence-electron chi connectivity index (χ0n) is 17.7. The lowest BCUT2D eigenvalue weighted by Crippen LogP contribution is -2.25. The minimum atomic E-state index is -0.254. The van der Waals surface area contributed by atoms with Gasteiger partial charge in [0, 0.05) is 10.7 Å². The molecule has 3 aromatic rings. The molecule has 0 unspecified atom stereocenters. The highest BCUT2D eigenvalue weighted by atomic mass is 79.9. The molecular formula is C24H23BrClN3O3. The van der Waals surface area contributed by atoms with E-state index in [2.05, 4.69) is 31.8 Å². The van der Waals surface area contributed by atoms with Gasteiger partial charge >= 0.3 is 0 Å². The molecule has 0 radical (unpaired) electrons. The summed E-state index contributed by atoms with van der Waals surface area (Å²) in [5, 5.41) is 7.75. The Bertz CT molecular complexity index is 1090. The second kappa shape index (κ2) is 11.5. The summed E-state index contributed by atoms with van der Waals surface area (Å²) in [6, 6.07) is 18.9. The van der Waals surface area contributed by atoms with Gasteiger partial charge in [-0.05, 0) is 70.4 Å². The molecule has 8 heteroatoms. The van der Waals surface area contributed by atoms with Crippen molar-refractivity contribution in [2.45, 2.75) is 13.5 Å². The van der Waals surface area contributed by atoms with Crippen molar-refractivity contribution in [3.8, 4) is 11.5 Å². The fraction of sp³-hybridized carbons (Fsp3) is 0.167. The van der Waals surface area contributed by atoms with Crippen LogP contribution >= 0.6 is 27.5 Å². The van der Waals surface area contributed by atoms with Gasteiger partial charge in [-0.1, -0.05) is 41.4 Å². The Morgan fingerprint density at radius 2 is 1.84 bits per heavy atom. The van der Waals surface area contributed by atoms with E-state index in [4.69, 9.17) is 21.1 Å². The number of aryl methyl sites for hydroxylation is 1. The van der Waals surface area contributed by atoms with Gasteiger partial charge in [0.25, 0.3) is 5.91 Å². The molecule has 0 aliphatic heterocycles. The standard InChI is InChI=1S/C24H23BrClN3O3/c1-16-3-9-20(10-4-16)27-14-23(30)29-28-13-18-11-21(25)24(22(12-18)31-2)32-15-17-5-7-19(26)8-6-17/h3-13,27H,14-15H2,1-2H3,(H,29,30)/b28-13-. The van der Waals surface area contributed by atoms with Gasteiger partial charge in [-0.25, -0.2) is 5.43 Å². The lowest BCUT2D eigenvalue weighted by Gasteiger charge is -2.13. The SMILES string of the molecule is COc1cc(/C=N\NC(=O)CNc2ccc(C)cc2)cc(Br)c1OCc1ccc(Cl)cc1. The van der Waals surface area contributed by atoms with Crippen molar-refractivity contribution in [1.29, 1.82) is 0 Å². The van der Waals surface area contributed by atoms with Gasteiger partial charge in [0.05, 0.1) is 24.3 Å². The molecule has 0 aliphatic carbocycles. The Morgan fingerprint density at radius 1 is 1.12 bits per heavy atom. The van der Waals surface area contributed by atoms with E-state index in [1.807, 2.05) is 61.5 Å². The van der Waals surface area contributed by atoms with E-state index in [1.165, 1.54) is 0 Å². The summed E-state index contributed by atoms with van der Waals surface area (Å²) in [6.07, 6.45) is 1.54. The number of nitrogens with one attached hydrogen (secondary N) is 2. The first kappa shape index (κ1) is 23.6. The molecule has 6 nitrogen and oxygen atoms in total. The Hall–Kier alpha value is -3.03. The second-order valence-electron chi connectivity index (χ2n) is 6.96. The number of rotatable bonds is 9. The van der Waals surface area contributed by atoms with Crippen molar-refractivity contribution >= 4 is 45.3 Å². The third-order valence-corrected chi connectivity index (χ3v) is 5.30. The molecule has 3 rings (SSSR count). The number of amides is 1. The van der Waals surface area contributed by atoms with Crippen molar-refractivity contribution in [1.82, 2.24) is 5.43 Å². The van der Waals surface area contributed by atoms with Crippen LogP contribution < -0.4 is 20.2 Å². The number of halogens is 2. The average molecular weight is 517 g/mol. The molecule has 0 spiro atoms. The number of anilines is 1. The van der Waals surface area contributed by atoms with E-state index in [1.54, 1.807) is 19.4 Å². The number of nitrogens with zero attached hydrogens (tertiary/aromatic N) is 1. The Balaban J connectivity index is 1.57. The number of hydrazone groups is 1. The van der Waals surface area contributed by atoms with Crippen molar-refractivity contribution in [2.24, 2.45) is 5.10 Å². The maximum atomic E-state index is 12.0. The van der Waals surface area contributed by atoms with Gasteiger partial charge in [0.15, 0.2) is 11.5 Å². The fourth-order valence-corrected chi connectivity index (χ4v) is 3.46. The largest absolute Gasteiger partial charge is 0.493 e. The van der Waals surface area contributed by atoms with Crippen molar-refractivity contribution in [3.05, 3.63) is 86.8 Å². The lowest BCUT2D eigenvalue weighted by molar-refractivity contribution is -0.119. The smallest absolute Gasteiger partial charge is 0.259 e. The van der Waals surface area contributed by atoms with Crippen LogP contribution in [0.2, 0.25) is 5.02 Å². The monoisotopic (exact) mass is 515 g/mol. The number of hydrogen-bond acceptors (Lipinski definition) is 5. The molecule has 0 aromatic heterocycles. The van der Waals surface area contributed by atoms with E-state index < -0.39 is 0 Å². The molecule has 1 amide bonds. The lowest BCUT2D eigenvalue weighted by atomic mass is 10.2. The van der Waals surface area contributed by atoms with Gasteiger partial charge in [-0.3, -0.25) is 4.79 Å². The maximum absolute atomic E-state index is 12.0. The van der Waals surface area contributed by atoms with Crippen LogP contribution in [-0.4, -0.2) is 25.8 Å². The molecular weight excluding hydrogens is 494 g/mol. The molecule has 0 bridgehead atoms. The highest BCUT2D eigenvalue weighted by Crippen LogP contribution is 2.36. The molecule has 166 valence electrons. The maximum Gasteiger partial charge on any atom is 0.259 e. The van der Waals surface area contributed by atoms with Gasteiger partial charge < -0.3 is 14.8 Å². The first-order valence-corrected chi connectivity index (χ1v) is 11.0. The van der Waals surface area contributed by atoms with E-state index in [0.29, 0.717) is 27.6 Å². The Kier molecular flexibility index (Phi) is 8.53. The number of benzene rings is 3. The molecule has 0 heterocycles. The molecule has 0 aliphatic rings. The molecule has 3 aromatic carbocycles. The molecule has 2 N–H and O–H groups in total. The number of methoxy groups -OCH3 is 1. The van der Waals surface area contributed by atoms with E-state index >= 15 is 0 Å². The number of carbonyl (C=O) groups excluding carboxylic acids is 1. The molecule has 0 atom stereocenters. The predicted octanol–water partition coefficient (Wildman–Crippen LogP) is 5.56. The first-order chi connectivity index (χ1) is 15.4. The Labute approximate surface area is 200 Å². The van der Waals surface area contributed by atoms with Gasteiger partial charge in [-0.2, -0.15) is 5.10 Å². The predicted molar refractivity (Wildman–Crippen MR) is 132 cm³/mol. The van der Waals surface area contributed by atoms with Crippen LogP contribution in [0.3, 0.4) is 0 Å². The quantitative estimate of drug-likeness (QED) is 0.288. The summed E-state index contributed by atoms with van der Waals surface area (Å²) in [4.78, 5) is 12.0. The molecule has 0 saturated carbocycles. The van der Waals surface area contributed by atoms with Crippen molar-refractivity contribution in [2.75, 3.05) is 19.0 Å². The van der Waals surface area contributed by atoms with E-state index in [9.17, 15) is 4.79 Å². The number of carbonyl (C=O) groups is 1. The summed E-state index contributed by atoms with van der Waals surface area (Å²) >= 11 is 9.44. The van der Waals surface area contributed by atoms with E-state index in [0.717, 1.165) is 22.4 Å². The zero-order chi connectivity index (χ0) is 22.9. The summed E-state index contributed by atoms with van der Waals surface area (Å²) in [5.74, 6) is 0.865. The summed E-state index contributed by atoms with van der Waals surface area (Å²) in [5.41, 5.74) is 6.26. The molecule has 0 saturated heterocycles. The minimum absolute atomic E-state index is 0.116. The van der Waals surface area contributed by atoms with Crippen LogP contribution in [-0.2, 0) is 11.4 Å². The van der Waals surface area contributed by atoms with Crippen LogP contribution in [0.15, 0.2) is 70.2 Å². The Morgan fingerprint density at radius 3 is 2.53 bits per heavy atom. The molecule has 0 fully saturated rings. The van der Waals surface area contributed by atoms with Crippen molar-refractivity contribution in [3.63, 3.8) is 0 Å². The van der Waals surface area contributed by atoms with Crippen LogP contribution in [0.5, 0.6) is 11.5 Å². The number of hydrogen-bond donors (Lipinski definition) is 2. The van der Waals surface area contributed by atoms with E-state index in [-0.39, 0.29) is 12.5 Å². The fourth-order valence-electron chi connectivity index (χ4n) is 2.76. The minimum Gasteiger partial charge on any atom is -0.493 e. The molecule has 32 heavy (non-hydrogen) atoms. The highest BCUT2D eigenvalue weighted by molar-refractivity contribution is 9.10. The third-order valence-electron chi connectivity index (χ3n) is 4.46. The zero-order valence-corrected chi connectivity index (χ0v) is 20.0. The summed E-state index contributed by atoms with van der Waals surface area (Å²) in [7, 11) is 1.57. The van der Waals surface area contributed by atoms with Crippen molar-refractivity contribution < 1.29 is 14.3 Å². The van der Waals surface area contributed by atoms with Crippen LogP contribution in [0.4, 0.5) is 5.69 Å². The summed E-state index contributed by atoms with van der Waals surface area (Å²) in [6.45, 7) is 2.49. The highest BCUT2D eigenvalue weighted by Gasteiger charge is 2.12. The van der Waals surface area contributed by atoms with Crippen LogP contribution in [0, 0.1) is 6.92 Å². The average Bonchev–Trinajstić information content (AvgIpc) is 2.79. The first-order valence-electron chi connectivity index (χ1n) is 9.82. The second-order valence-corrected chi connectivity index (χ2v) is 8.25. The van der Waals surface area contributed by atoms with Gasteiger partial charge in [0.2, 0.25) is 0 Å². The van der Waals surface area contributed by atoms with Crippen LogP contribution in [0.25, 0.3) is 0 Å². The summed E-state index contributed by atoms with van der Waals surface area (Å²) < 4.78 is 12.1. The normalized spacial score (nSPS) is 10.8.